The fraction of sp³-hybridized carbons (Fsp3) is 0.158. The summed E-state index contributed by atoms with van der Waals surface area (Å²) in [4.78, 5) is 26.0. The van der Waals surface area contributed by atoms with Gasteiger partial charge in [0.2, 0.25) is 0 Å². The number of rotatable bonds is 5. The minimum Gasteiger partial charge on any atom is -0.465 e. The SMILES string of the molecule is COC(=O)c1ccc(C(=O)N[C@H](C)c2ccc(-c3cccs3)cc2)s1. The van der Waals surface area contributed by atoms with Gasteiger partial charge in [0.05, 0.1) is 18.0 Å². The van der Waals surface area contributed by atoms with Crippen molar-refractivity contribution in [1.82, 2.24) is 5.32 Å². The minimum atomic E-state index is -0.429. The van der Waals surface area contributed by atoms with E-state index in [4.69, 9.17) is 0 Å². The third-order valence-corrected chi connectivity index (χ3v) is 5.76. The van der Waals surface area contributed by atoms with E-state index in [1.165, 1.54) is 17.6 Å². The molecular formula is C19H17NO3S2. The first-order chi connectivity index (χ1) is 12.1. The van der Waals surface area contributed by atoms with Crippen molar-refractivity contribution in [2.45, 2.75) is 13.0 Å². The maximum Gasteiger partial charge on any atom is 0.348 e. The van der Waals surface area contributed by atoms with Gasteiger partial charge in [-0.3, -0.25) is 4.79 Å². The summed E-state index contributed by atoms with van der Waals surface area (Å²) in [5, 5.41) is 5.01. The monoisotopic (exact) mass is 371 g/mol. The molecule has 3 aromatic rings. The van der Waals surface area contributed by atoms with Crippen molar-refractivity contribution in [3.63, 3.8) is 0 Å². The second kappa shape index (κ2) is 7.63. The lowest BCUT2D eigenvalue weighted by Gasteiger charge is -2.14. The largest absolute Gasteiger partial charge is 0.465 e. The summed E-state index contributed by atoms with van der Waals surface area (Å²) < 4.78 is 4.66. The molecule has 0 aliphatic heterocycles. The second-order valence-corrected chi connectivity index (χ2v) is 7.48. The molecule has 0 aliphatic rings. The van der Waals surface area contributed by atoms with Crippen molar-refractivity contribution in [3.05, 3.63) is 69.2 Å². The van der Waals surface area contributed by atoms with E-state index in [9.17, 15) is 9.59 Å². The zero-order valence-corrected chi connectivity index (χ0v) is 15.4. The molecule has 0 aliphatic carbocycles. The van der Waals surface area contributed by atoms with Crippen LogP contribution in [0.5, 0.6) is 0 Å². The van der Waals surface area contributed by atoms with Crippen molar-refractivity contribution in [1.29, 1.82) is 0 Å². The summed E-state index contributed by atoms with van der Waals surface area (Å²) in [7, 11) is 1.32. The molecule has 0 saturated carbocycles. The van der Waals surface area contributed by atoms with Crippen molar-refractivity contribution < 1.29 is 14.3 Å². The van der Waals surface area contributed by atoms with Crippen LogP contribution >= 0.6 is 22.7 Å². The number of carbonyl (C=O) groups excluding carboxylic acids is 2. The highest BCUT2D eigenvalue weighted by Gasteiger charge is 2.16. The number of ether oxygens (including phenoxy) is 1. The Morgan fingerprint density at radius 1 is 1.04 bits per heavy atom. The van der Waals surface area contributed by atoms with E-state index in [0.717, 1.165) is 16.9 Å². The Hall–Kier alpha value is -2.44. The van der Waals surface area contributed by atoms with E-state index in [1.54, 1.807) is 23.5 Å². The van der Waals surface area contributed by atoms with Crippen LogP contribution < -0.4 is 5.32 Å². The van der Waals surface area contributed by atoms with E-state index >= 15 is 0 Å². The average molecular weight is 371 g/mol. The maximum absolute atomic E-state index is 12.4. The molecule has 3 rings (SSSR count). The Morgan fingerprint density at radius 3 is 2.40 bits per heavy atom. The lowest BCUT2D eigenvalue weighted by Crippen LogP contribution is -2.25. The standard InChI is InChI=1S/C19H17NO3S2/c1-12(13-5-7-14(8-6-13)15-4-3-11-24-15)20-18(21)16-9-10-17(25-16)19(22)23-2/h3-12H,1-2H3,(H,20,21)/t12-/m1/s1. The van der Waals surface area contributed by atoms with Crippen LogP contribution in [-0.4, -0.2) is 19.0 Å². The van der Waals surface area contributed by atoms with Gasteiger partial charge in [-0.1, -0.05) is 30.3 Å². The molecule has 1 aromatic carbocycles. The van der Waals surface area contributed by atoms with Crippen LogP contribution in [0.3, 0.4) is 0 Å². The van der Waals surface area contributed by atoms with Crippen molar-refractivity contribution in [2.24, 2.45) is 0 Å². The zero-order valence-electron chi connectivity index (χ0n) is 13.8. The van der Waals surface area contributed by atoms with Crippen LogP contribution in [0.15, 0.2) is 53.9 Å². The molecule has 2 heterocycles. The Labute approximate surface area is 154 Å². The van der Waals surface area contributed by atoms with Gasteiger partial charge in [-0.2, -0.15) is 0 Å². The van der Waals surface area contributed by atoms with E-state index in [-0.39, 0.29) is 11.9 Å². The van der Waals surface area contributed by atoms with Crippen molar-refractivity contribution in [2.75, 3.05) is 7.11 Å². The van der Waals surface area contributed by atoms with E-state index in [2.05, 4.69) is 33.6 Å². The van der Waals surface area contributed by atoms with Gasteiger partial charge >= 0.3 is 5.97 Å². The fourth-order valence-corrected chi connectivity index (χ4v) is 3.96. The second-order valence-electron chi connectivity index (χ2n) is 5.45. The summed E-state index contributed by atoms with van der Waals surface area (Å²) in [5.74, 6) is -0.628. The first-order valence-electron chi connectivity index (χ1n) is 7.71. The first-order valence-corrected chi connectivity index (χ1v) is 9.41. The summed E-state index contributed by atoms with van der Waals surface area (Å²) in [6.07, 6.45) is 0. The summed E-state index contributed by atoms with van der Waals surface area (Å²) >= 11 is 2.82. The van der Waals surface area contributed by atoms with Gasteiger partial charge < -0.3 is 10.1 Å². The van der Waals surface area contributed by atoms with Gasteiger partial charge in [0.1, 0.15) is 4.88 Å². The van der Waals surface area contributed by atoms with Crippen LogP contribution in [0, 0.1) is 0 Å². The highest BCUT2D eigenvalue weighted by molar-refractivity contribution is 7.15. The molecule has 0 unspecified atom stereocenters. The lowest BCUT2D eigenvalue weighted by molar-refractivity contribution is 0.0606. The topological polar surface area (TPSA) is 55.4 Å². The molecule has 1 N–H and O–H groups in total. The molecule has 4 nitrogen and oxygen atoms in total. The van der Waals surface area contributed by atoms with Gasteiger partial charge in [-0.15, -0.1) is 22.7 Å². The molecule has 0 bridgehead atoms. The van der Waals surface area contributed by atoms with Gasteiger partial charge in [0.15, 0.2) is 0 Å². The normalized spacial score (nSPS) is 11.8. The summed E-state index contributed by atoms with van der Waals surface area (Å²) in [6.45, 7) is 1.94. The molecule has 0 spiro atoms. The fourth-order valence-electron chi connectivity index (χ4n) is 2.40. The van der Waals surface area contributed by atoms with Gasteiger partial charge in [0.25, 0.3) is 5.91 Å². The van der Waals surface area contributed by atoms with E-state index in [1.807, 2.05) is 25.1 Å². The number of hydrogen-bond donors (Lipinski definition) is 1. The molecule has 0 fully saturated rings. The summed E-state index contributed by atoms with van der Waals surface area (Å²) in [5.41, 5.74) is 2.19. The lowest BCUT2D eigenvalue weighted by atomic mass is 10.1. The predicted molar refractivity (Wildman–Crippen MR) is 101 cm³/mol. The highest BCUT2D eigenvalue weighted by atomic mass is 32.1. The van der Waals surface area contributed by atoms with Gasteiger partial charge in [-0.25, -0.2) is 4.79 Å². The summed E-state index contributed by atoms with van der Waals surface area (Å²) in [6, 6.07) is 15.4. The first kappa shape index (κ1) is 17.4. The number of amides is 1. The minimum absolute atomic E-state index is 0.131. The van der Waals surface area contributed by atoms with Crippen LogP contribution in [0.1, 0.15) is 37.9 Å². The molecule has 2 aromatic heterocycles. The quantitative estimate of drug-likeness (QED) is 0.658. The Balaban J connectivity index is 1.67. The number of methoxy groups -OCH3 is 1. The van der Waals surface area contributed by atoms with E-state index < -0.39 is 5.97 Å². The number of benzene rings is 1. The molecule has 0 radical (unpaired) electrons. The Morgan fingerprint density at radius 2 is 1.76 bits per heavy atom. The molecule has 128 valence electrons. The number of thiophene rings is 2. The molecular weight excluding hydrogens is 354 g/mol. The van der Waals surface area contributed by atoms with Crippen LogP contribution in [0.25, 0.3) is 10.4 Å². The average Bonchev–Trinajstić information content (AvgIpc) is 3.33. The van der Waals surface area contributed by atoms with Crippen LogP contribution in [-0.2, 0) is 4.74 Å². The maximum atomic E-state index is 12.4. The van der Waals surface area contributed by atoms with Crippen molar-refractivity contribution >= 4 is 34.6 Å². The Bertz CT molecular complexity index is 866. The molecule has 25 heavy (non-hydrogen) atoms. The molecule has 6 heteroatoms. The van der Waals surface area contributed by atoms with Gasteiger partial charge in [-0.05, 0) is 41.6 Å². The molecule has 1 atom stereocenters. The number of nitrogens with one attached hydrogen (secondary N) is 1. The number of carbonyl (C=O) groups is 2. The third-order valence-electron chi connectivity index (χ3n) is 3.78. The zero-order chi connectivity index (χ0) is 17.8. The van der Waals surface area contributed by atoms with E-state index in [0.29, 0.717) is 9.75 Å². The Kier molecular flexibility index (Phi) is 5.31. The molecule has 1 amide bonds. The van der Waals surface area contributed by atoms with Crippen LogP contribution in [0.4, 0.5) is 0 Å². The third kappa shape index (κ3) is 3.97. The van der Waals surface area contributed by atoms with Crippen LogP contribution in [0.2, 0.25) is 0 Å². The number of esters is 1. The number of hydrogen-bond acceptors (Lipinski definition) is 5. The van der Waals surface area contributed by atoms with Gasteiger partial charge in [0, 0.05) is 4.88 Å². The highest BCUT2D eigenvalue weighted by Crippen LogP contribution is 2.26. The van der Waals surface area contributed by atoms with Crippen molar-refractivity contribution in [3.8, 4) is 10.4 Å². The smallest absolute Gasteiger partial charge is 0.348 e. The molecule has 0 saturated heterocycles. The predicted octanol–water partition coefficient (Wildman–Crippen LogP) is 4.75.